The second-order valence-corrected chi connectivity index (χ2v) is 11.7. The van der Waals surface area contributed by atoms with E-state index in [0.717, 1.165) is 40.7 Å². The first-order valence-electron chi connectivity index (χ1n) is 13.0. The lowest BCUT2D eigenvalue weighted by Gasteiger charge is -2.29. The Kier molecular flexibility index (Phi) is 7.45. The monoisotopic (exact) mass is 524 g/mol. The lowest BCUT2D eigenvalue weighted by atomic mass is 10.1. The van der Waals surface area contributed by atoms with E-state index >= 15 is 0 Å². The van der Waals surface area contributed by atoms with Gasteiger partial charge < -0.3 is 5.32 Å². The van der Waals surface area contributed by atoms with Crippen molar-refractivity contribution < 1.29 is 13.2 Å². The van der Waals surface area contributed by atoms with E-state index in [1.165, 1.54) is 0 Å². The van der Waals surface area contributed by atoms with Crippen LogP contribution in [0.4, 0.5) is 5.69 Å². The Morgan fingerprint density at radius 3 is 2.37 bits per heavy atom. The van der Waals surface area contributed by atoms with Gasteiger partial charge in [0.05, 0.1) is 10.9 Å². The summed E-state index contributed by atoms with van der Waals surface area (Å²) in [6.07, 6.45) is 2.31. The number of aryl methyl sites for hydroxylation is 3. The Labute approximate surface area is 225 Å². The van der Waals surface area contributed by atoms with E-state index < -0.39 is 10.0 Å². The standard InChI is InChI=1S/C32H32N2O3S/c1-3-24-12-17-29(18-13-24)38(36,37)34(22-25-9-5-4-6-10-25)31-19-15-26-14-16-28(21-30(26)31)33-32(35)27-11-7-8-23(2)20-27/h4-14,16-18,20-21,31H,3,15,19,22H2,1-2H3,(H,33,35). The van der Waals surface area contributed by atoms with Crippen LogP contribution in [0.1, 0.15) is 57.6 Å². The molecule has 4 aromatic rings. The van der Waals surface area contributed by atoms with Crippen molar-refractivity contribution in [1.82, 2.24) is 4.31 Å². The molecule has 6 heteroatoms. The van der Waals surface area contributed by atoms with Gasteiger partial charge in [0, 0.05) is 17.8 Å². The van der Waals surface area contributed by atoms with Crippen LogP contribution in [0, 0.1) is 6.92 Å². The van der Waals surface area contributed by atoms with Crippen molar-refractivity contribution in [3.63, 3.8) is 0 Å². The highest BCUT2D eigenvalue weighted by Crippen LogP contribution is 2.41. The van der Waals surface area contributed by atoms with Gasteiger partial charge in [-0.2, -0.15) is 4.31 Å². The van der Waals surface area contributed by atoms with Crippen molar-refractivity contribution in [1.29, 1.82) is 0 Å². The van der Waals surface area contributed by atoms with Crippen LogP contribution >= 0.6 is 0 Å². The maximum absolute atomic E-state index is 14.1. The van der Waals surface area contributed by atoms with E-state index in [4.69, 9.17) is 0 Å². The zero-order valence-corrected chi connectivity index (χ0v) is 22.5. The molecular weight excluding hydrogens is 492 g/mol. The summed E-state index contributed by atoms with van der Waals surface area (Å²) < 4.78 is 29.8. The van der Waals surface area contributed by atoms with Gasteiger partial charge in [-0.3, -0.25) is 4.79 Å². The number of nitrogens with one attached hydrogen (secondary N) is 1. The zero-order chi connectivity index (χ0) is 26.7. The molecule has 194 valence electrons. The van der Waals surface area contributed by atoms with Gasteiger partial charge in [0.1, 0.15) is 0 Å². The van der Waals surface area contributed by atoms with E-state index in [1.54, 1.807) is 22.5 Å². The number of nitrogens with zero attached hydrogens (tertiary/aromatic N) is 1. The van der Waals surface area contributed by atoms with Crippen LogP contribution in [-0.4, -0.2) is 18.6 Å². The Bertz CT molecular complexity index is 1550. The Hall–Kier alpha value is -3.74. The fourth-order valence-corrected chi connectivity index (χ4v) is 6.73. The van der Waals surface area contributed by atoms with Gasteiger partial charge in [-0.25, -0.2) is 8.42 Å². The number of sulfonamides is 1. The first-order chi connectivity index (χ1) is 18.3. The second-order valence-electron chi connectivity index (χ2n) is 9.83. The normalized spacial score (nSPS) is 14.9. The number of amides is 1. The van der Waals surface area contributed by atoms with Crippen LogP contribution in [0.2, 0.25) is 0 Å². The van der Waals surface area contributed by atoms with E-state index in [9.17, 15) is 13.2 Å². The molecule has 0 spiro atoms. The summed E-state index contributed by atoms with van der Waals surface area (Å²) in [5, 5.41) is 3.00. The van der Waals surface area contributed by atoms with Gasteiger partial charge in [0.25, 0.3) is 5.91 Å². The number of fused-ring (bicyclic) bond motifs is 1. The number of rotatable bonds is 8. The molecule has 4 aromatic carbocycles. The van der Waals surface area contributed by atoms with Crippen LogP contribution in [-0.2, 0) is 29.4 Å². The van der Waals surface area contributed by atoms with E-state index in [0.29, 0.717) is 22.6 Å². The molecule has 0 radical (unpaired) electrons. The molecule has 0 aromatic heterocycles. The summed E-state index contributed by atoms with van der Waals surface area (Å²) in [6.45, 7) is 4.27. The molecular formula is C32H32N2O3S. The molecule has 5 nitrogen and oxygen atoms in total. The average Bonchev–Trinajstić information content (AvgIpc) is 3.35. The molecule has 1 unspecified atom stereocenters. The number of hydrogen-bond acceptors (Lipinski definition) is 3. The SMILES string of the molecule is CCc1ccc(S(=O)(=O)N(Cc2ccccc2)C2CCc3ccc(NC(=O)c4cccc(C)c4)cc32)cc1. The minimum atomic E-state index is -3.79. The summed E-state index contributed by atoms with van der Waals surface area (Å²) in [4.78, 5) is 13.2. The fraction of sp³-hybridized carbons (Fsp3) is 0.219. The molecule has 1 aliphatic carbocycles. The van der Waals surface area contributed by atoms with Gasteiger partial charge in [-0.05, 0) is 84.8 Å². The van der Waals surface area contributed by atoms with Crippen molar-refractivity contribution in [2.24, 2.45) is 0 Å². The maximum Gasteiger partial charge on any atom is 0.255 e. The Morgan fingerprint density at radius 1 is 0.895 bits per heavy atom. The van der Waals surface area contributed by atoms with Crippen molar-refractivity contribution in [2.75, 3.05) is 5.32 Å². The predicted molar refractivity (Wildman–Crippen MR) is 152 cm³/mol. The van der Waals surface area contributed by atoms with E-state index in [-0.39, 0.29) is 18.5 Å². The lowest BCUT2D eigenvalue weighted by molar-refractivity contribution is 0.102. The zero-order valence-electron chi connectivity index (χ0n) is 21.7. The average molecular weight is 525 g/mol. The first kappa shape index (κ1) is 25.9. The minimum Gasteiger partial charge on any atom is -0.322 e. The Morgan fingerprint density at radius 2 is 1.66 bits per heavy atom. The molecule has 1 N–H and O–H groups in total. The molecule has 5 rings (SSSR count). The van der Waals surface area contributed by atoms with Crippen molar-refractivity contribution in [3.05, 3.63) is 130 Å². The van der Waals surface area contributed by atoms with Crippen LogP contribution in [0.15, 0.2) is 102 Å². The summed E-state index contributed by atoms with van der Waals surface area (Å²) in [5.41, 5.74) is 6.34. The Balaban J connectivity index is 1.50. The molecule has 0 heterocycles. The highest BCUT2D eigenvalue weighted by molar-refractivity contribution is 7.89. The summed E-state index contributed by atoms with van der Waals surface area (Å²) in [5.74, 6) is -0.187. The third-order valence-electron chi connectivity index (χ3n) is 7.20. The highest BCUT2D eigenvalue weighted by Gasteiger charge is 2.36. The topological polar surface area (TPSA) is 66.5 Å². The molecule has 1 aliphatic rings. The van der Waals surface area contributed by atoms with Gasteiger partial charge in [0.2, 0.25) is 10.0 Å². The van der Waals surface area contributed by atoms with E-state index in [2.05, 4.69) is 12.2 Å². The summed E-state index contributed by atoms with van der Waals surface area (Å²) in [6, 6.07) is 29.8. The van der Waals surface area contributed by atoms with Gasteiger partial charge >= 0.3 is 0 Å². The molecule has 0 saturated carbocycles. The smallest absolute Gasteiger partial charge is 0.255 e. The van der Waals surface area contributed by atoms with E-state index in [1.807, 2.05) is 85.8 Å². The van der Waals surface area contributed by atoms with Crippen LogP contribution in [0.3, 0.4) is 0 Å². The summed E-state index contributed by atoms with van der Waals surface area (Å²) in [7, 11) is -3.79. The largest absolute Gasteiger partial charge is 0.322 e. The van der Waals surface area contributed by atoms with Gasteiger partial charge in [0.15, 0.2) is 0 Å². The lowest BCUT2D eigenvalue weighted by Crippen LogP contribution is -2.33. The van der Waals surface area contributed by atoms with Crippen LogP contribution < -0.4 is 5.32 Å². The van der Waals surface area contributed by atoms with Gasteiger partial charge in [-0.15, -0.1) is 0 Å². The molecule has 0 saturated heterocycles. The van der Waals surface area contributed by atoms with Crippen LogP contribution in [0.25, 0.3) is 0 Å². The number of carbonyl (C=O) groups is 1. The molecule has 0 fully saturated rings. The van der Waals surface area contributed by atoms with Crippen molar-refractivity contribution >= 4 is 21.6 Å². The number of benzene rings is 4. The molecule has 1 atom stereocenters. The fourth-order valence-electron chi connectivity index (χ4n) is 5.11. The minimum absolute atomic E-state index is 0.187. The number of anilines is 1. The molecule has 1 amide bonds. The molecule has 38 heavy (non-hydrogen) atoms. The van der Waals surface area contributed by atoms with Crippen molar-refractivity contribution in [3.8, 4) is 0 Å². The maximum atomic E-state index is 14.1. The third kappa shape index (κ3) is 5.42. The quantitative estimate of drug-likeness (QED) is 0.279. The predicted octanol–water partition coefficient (Wildman–Crippen LogP) is 6.69. The number of hydrogen-bond donors (Lipinski definition) is 1. The highest BCUT2D eigenvalue weighted by atomic mass is 32.2. The number of carbonyl (C=O) groups excluding carboxylic acids is 1. The first-order valence-corrected chi connectivity index (χ1v) is 14.4. The molecule has 0 aliphatic heterocycles. The molecule has 0 bridgehead atoms. The second kappa shape index (κ2) is 10.9. The third-order valence-corrected chi connectivity index (χ3v) is 9.07. The van der Waals surface area contributed by atoms with Crippen LogP contribution in [0.5, 0.6) is 0 Å². The van der Waals surface area contributed by atoms with Crippen molar-refractivity contribution in [2.45, 2.75) is 50.6 Å². The van der Waals surface area contributed by atoms with Gasteiger partial charge in [-0.1, -0.05) is 73.2 Å². The summed E-state index contributed by atoms with van der Waals surface area (Å²) >= 11 is 0.